The highest BCUT2D eigenvalue weighted by Gasteiger charge is 2.58. The summed E-state index contributed by atoms with van der Waals surface area (Å²) in [5.41, 5.74) is 0. The lowest BCUT2D eigenvalue weighted by atomic mass is 9.85. The van der Waals surface area contributed by atoms with Crippen LogP contribution in [0.25, 0.3) is 0 Å². The van der Waals surface area contributed by atoms with Crippen LogP contribution >= 0.6 is 0 Å². The smallest absolute Gasteiger partial charge is 0.233 e. The number of allylic oxidation sites excluding steroid dienone is 2. The Morgan fingerprint density at radius 3 is 2.29 bits per heavy atom. The van der Waals surface area contributed by atoms with Crippen molar-refractivity contribution in [3.8, 4) is 0 Å². The molecule has 1 heterocycles. The molecule has 2 N–H and O–H groups in total. The van der Waals surface area contributed by atoms with Gasteiger partial charge < -0.3 is 15.4 Å². The van der Waals surface area contributed by atoms with Crippen molar-refractivity contribution in [1.82, 2.24) is 15.5 Å². The highest BCUT2D eigenvalue weighted by atomic mass is 16.5. The van der Waals surface area contributed by atoms with Crippen LogP contribution in [0.2, 0.25) is 0 Å². The molecule has 4 rings (SSSR count). The molecule has 2 saturated carbocycles. The predicted octanol–water partition coefficient (Wildman–Crippen LogP) is 2.48. The van der Waals surface area contributed by atoms with Gasteiger partial charge in [0, 0.05) is 33.3 Å². The van der Waals surface area contributed by atoms with E-state index >= 15 is 0 Å². The molecule has 0 aromatic carbocycles. The van der Waals surface area contributed by atoms with Gasteiger partial charge in [0.25, 0.3) is 0 Å². The summed E-state index contributed by atoms with van der Waals surface area (Å²) in [6.45, 7) is 2.58. The van der Waals surface area contributed by atoms with E-state index in [1.165, 1.54) is 43.4 Å². The van der Waals surface area contributed by atoms with Gasteiger partial charge in [-0.3, -0.25) is 19.5 Å². The lowest BCUT2D eigenvalue weighted by Crippen LogP contribution is -2.43. The van der Waals surface area contributed by atoms with E-state index in [-0.39, 0.29) is 35.5 Å². The van der Waals surface area contributed by atoms with E-state index in [0.717, 1.165) is 32.4 Å². The number of amides is 2. The summed E-state index contributed by atoms with van der Waals surface area (Å²) in [5, 5.41) is 6.55. The monoisotopic (exact) mass is 430 g/mol. The zero-order valence-corrected chi connectivity index (χ0v) is 18.9. The van der Waals surface area contributed by atoms with Crippen molar-refractivity contribution in [3.63, 3.8) is 0 Å². The Morgan fingerprint density at radius 1 is 1.00 bits per heavy atom. The number of rotatable bonds is 9. The van der Waals surface area contributed by atoms with E-state index in [2.05, 4.69) is 27.8 Å². The van der Waals surface area contributed by atoms with Gasteiger partial charge in [0.15, 0.2) is 5.96 Å². The van der Waals surface area contributed by atoms with Gasteiger partial charge in [-0.15, -0.1) is 0 Å². The topological polar surface area (TPSA) is 83.0 Å². The largest absolute Gasteiger partial charge is 0.378 e. The van der Waals surface area contributed by atoms with Gasteiger partial charge in [-0.1, -0.05) is 37.8 Å². The fourth-order valence-electron chi connectivity index (χ4n) is 5.78. The molecule has 0 aromatic heterocycles. The molecule has 2 bridgehead atoms. The zero-order chi connectivity index (χ0) is 21.6. The highest BCUT2D eigenvalue weighted by molar-refractivity contribution is 6.06. The van der Waals surface area contributed by atoms with Crippen molar-refractivity contribution in [2.45, 2.75) is 63.9 Å². The molecule has 3 fully saturated rings. The van der Waals surface area contributed by atoms with Crippen molar-refractivity contribution in [3.05, 3.63) is 12.2 Å². The van der Waals surface area contributed by atoms with Crippen molar-refractivity contribution in [2.24, 2.45) is 28.7 Å². The van der Waals surface area contributed by atoms with Gasteiger partial charge in [0.1, 0.15) is 0 Å². The molecule has 7 heteroatoms. The van der Waals surface area contributed by atoms with Gasteiger partial charge in [-0.25, -0.2) is 0 Å². The first-order chi connectivity index (χ1) is 15.2. The molecule has 0 aromatic rings. The second kappa shape index (κ2) is 10.6. The molecule has 7 nitrogen and oxygen atoms in total. The summed E-state index contributed by atoms with van der Waals surface area (Å²) in [7, 11) is 1.74. The van der Waals surface area contributed by atoms with E-state index in [4.69, 9.17) is 4.74 Å². The van der Waals surface area contributed by atoms with Gasteiger partial charge in [-0.2, -0.15) is 0 Å². The van der Waals surface area contributed by atoms with Gasteiger partial charge in [0.2, 0.25) is 11.8 Å². The molecule has 2 amide bonds. The SMILES string of the molecule is CN=C(NCCCCOC1CCCCCC1)NCCN1C(=O)C2C3C=CC(C3)C2C1=O. The number of carbonyl (C=O) groups excluding carboxylic acids is 2. The Kier molecular flexibility index (Phi) is 7.64. The maximum absolute atomic E-state index is 12.7. The third-order valence-electron chi connectivity index (χ3n) is 7.43. The average Bonchev–Trinajstić information content (AvgIpc) is 3.38. The number of imide groups is 1. The molecule has 31 heavy (non-hydrogen) atoms. The lowest BCUT2D eigenvalue weighted by molar-refractivity contribution is -0.140. The fourth-order valence-corrected chi connectivity index (χ4v) is 5.78. The summed E-state index contributed by atoms with van der Waals surface area (Å²) < 4.78 is 6.04. The maximum Gasteiger partial charge on any atom is 0.233 e. The van der Waals surface area contributed by atoms with Crippen LogP contribution in [0, 0.1) is 23.7 Å². The molecule has 1 aliphatic heterocycles. The normalized spacial score (nSPS) is 30.7. The third-order valence-corrected chi connectivity index (χ3v) is 7.43. The van der Waals surface area contributed by atoms with Gasteiger partial charge in [-0.05, 0) is 43.9 Å². The molecule has 1 saturated heterocycles. The molecule has 0 radical (unpaired) electrons. The Morgan fingerprint density at radius 2 is 1.65 bits per heavy atom. The van der Waals surface area contributed by atoms with Crippen LogP contribution in [0.3, 0.4) is 0 Å². The summed E-state index contributed by atoms with van der Waals surface area (Å²) >= 11 is 0. The van der Waals surface area contributed by atoms with Crippen LogP contribution < -0.4 is 10.6 Å². The zero-order valence-electron chi connectivity index (χ0n) is 18.9. The first-order valence-electron chi connectivity index (χ1n) is 12.3. The standard InChI is InChI=1S/C24H38N4O3/c1-25-24(26-12-6-7-15-31-19-8-4-2-3-5-9-19)27-13-14-28-22(29)20-17-10-11-18(16-17)21(20)23(28)30/h10-11,17-21H,2-9,12-16H2,1H3,(H2,25,26,27). The van der Waals surface area contributed by atoms with E-state index in [9.17, 15) is 9.59 Å². The molecule has 3 aliphatic carbocycles. The first kappa shape index (κ1) is 22.3. The van der Waals surface area contributed by atoms with Crippen molar-refractivity contribution < 1.29 is 14.3 Å². The fraction of sp³-hybridized carbons (Fsp3) is 0.792. The number of carbonyl (C=O) groups is 2. The minimum atomic E-state index is -0.111. The summed E-state index contributed by atoms with van der Waals surface area (Å²) in [4.78, 5) is 31.2. The van der Waals surface area contributed by atoms with E-state index in [1.54, 1.807) is 7.05 Å². The van der Waals surface area contributed by atoms with Crippen molar-refractivity contribution in [2.75, 3.05) is 33.3 Å². The number of nitrogens with zero attached hydrogens (tertiary/aromatic N) is 2. The molecule has 4 atom stereocenters. The summed E-state index contributed by atoms with van der Waals surface area (Å²) in [6, 6.07) is 0. The van der Waals surface area contributed by atoms with Crippen molar-refractivity contribution >= 4 is 17.8 Å². The number of hydrogen-bond donors (Lipinski definition) is 2. The maximum atomic E-state index is 12.7. The molecule has 4 aliphatic rings. The third kappa shape index (κ3) is 5.13. The Hall–Kier alpha value is -1.89. The molecule has 4 unspecified atom stereocenters. The predicted molar refractivity (Wildman–Crippen MR) is 120 cm³/mol. The minimum Gasteiger partial charge on any atom is -0.378 e. The Bertz CT molecular complexity index is 669. The summed E-state index contributed by atoms with van der Waals surface area (Å²) in [6.07, 6.45) is 15.5. The van der Waals surface area contributed by atoms with E-state index in [1.807, 2.05) is 0 Å². The van der Waals surface area contributed by atoms with Crippen molar-refractivity contribution in [1.29, 1.82) is 0 Å². The minimum absolute atomic E-state index is 0.0188. The summed E-state index contributed by atoms with van der Waals surface area (Å²) in [5.74, 6) is 1.07. The number of nitrogens with one attached hydrogen (secondary N) is 2. The number of likely N-dealkylation sites (tertiary alicyclic amines) is 1. The highest BCUT2D eigenvalue weighted by Crippen LogP contribution is 2.52. The second-order valence-electron chi connectivity index (χ2n) is 9.45. The quantitative estimate of drug-likeness (QED) is 0.147. The van der Waals surface area contributed by atoms with Crippen LogP contribution in [0.5, 0.6) is 0 Å². The second-order valence-corrected chi connectivity index (χ2v) is 9.45. The van der Waals surface area contributed by atoms with E-state index in [0.29, 0.717) is 25.2 Å². The van der Waals surface area contributed by atoms with Crippen LogP contribution in [-0.2, 0) is 14.3 Å². The number of ether oxygens (including phenoxy) is 1. The van der Waals surface area contributed by atoms with Crippen LogP contribution in [0.15, 0.2) is 17.1 Å². The number of hydrogen-bond acceptors (Lipinski definition) is 4. The Balaban J connectivity index is 1.09. The Labute approximate surface area is 186 Å². The first-order valence-corrected chi connectivity index (χ1v) is 12.3. The molecule has 0 spiro atoms. The van der Waals surface area contributed by atoms with Gasteiger partial charge >= 0.3 is 0 Å². The number of guanidine groups is 1. The van der Waals surface area contributed by atoms with Crippen LogP contribution in [0.4, 0.5) is 0 Å². The van der Waals surface area contributed by atoms with E-state index < -0.39 is 0 Å². The number of aliphatic imine (C=N–C) groups is 1. The molecule has 172 valence electrons. The number of unbranched alkanes of at least 4 members (excludes halogenated alkanes) is 1. The molecular formula is C24H38N4O3. The average molecular weight is 431 g/mol. The van der Waals surface area contributed by atoms with Crippen LogP contribution in [-0.4, -0.2) is 62.1 Å². The van der Waals surface area contributed by atoms with Gasteiger partial charge in [0.05, 0.1) is 17.9 Å². The molecular weight excluding hydrogens is 392 g/mol. The number of fused-ring (bicyclic) bond motifs is 5. The lowest BCUT2D eigenvalue weighted by Gasteiger charge is -2.19. The van der Waals surface area contributed by atoms with Crippen LogP contribution in [0.1, 0.15) is 57.8 Å².